The summed E-state index contributed by atoms with van der Waals surface area (Å²) >= 11 is 0. The van der Waals surface area contributed by atoms with Gasteiger partial charge in [-0.3, -0.25) is 4.79 Å². The van der Waals surface area contributed by atoms with Crippen molar-refractivity contribution in [3.8, 4) is 11.5 Å². The lowest BCUT2D eigenvalue weighted by Crippen LogP contribution is -2.48. The van der Waals surface area contributed by atoms with Crippen LogP contribution in [0.1, 0.15) is 56.2 Å². The van der Waals surface area contributed by atoms with Crippen molar-refractivity contribution in [2.45, 2.75) is 63.1 Å². The maximum atomic E-state index is 13.6. The number of nitrogens with one attached hydrogen (secondary N) is 1. The number of amides is 1. The van der Waals surface area contributed by atoms with Crippen molar-refractivity contribution in [2.24, 2.45) is 5.92 Å². The number of halogens is 2. The van der Waals surface area contributed by atoms with Crippen LogP contribution in [0.4, 0.5) is 8.78 Å². The summed E-state index contributed by atoms with van der Waals surface area (Å²) in [6, 6.07) is 11.9. The largest absolute Gasteiger partial charge is 0.586 e. The van der Waals surface area contributed by atoms with E-state index in [4.69, 9.17) is 9.47 Å². The average molecular weight is 459 g/mol. The molecule has 1 saturated heterocycles. The number of aliphatic hydroxyl groups is 1. The van der Waals surface area contributed by atoms with Gasteiger partial charge in [0.1, 0.15) is 5.60 Å². The number of ether oxygens (including phenoxy) is 3. The van der Waals surface area contributed by atoms with Crippen LogP contribution >= 0.6 is 0 Å². The first-order valence-corrected chi connectivity index (χ1v) is 11.2. The van der Waals surface area contributed by atoms with E-state index in [9.17, 15) is 18.7 Å². The Morgan fingerprint density at radius 3 is 2.52 bits per heavy atom. The van der Waals surface area contributed by atoms with Gasteiger partial charge in [0.05, 0.1) is 12.2 Å². The summed E-state index contributed by atoms with van der Waals surface area (Å²) in [6.07, 6.45) is -0.845. The number of rotatable bonds is 5. The molecule has 5 rings (SSSR count). The summed E-state index contributed by atoms with van der Waals surface area (Å²) in [5.74, 6) is 0.0155. The van der Waals surface area contributed by atoms with E-state index in [2.05, 4.69) is 10.1 Å². The lowest BCUT2D eigenvalue weighted by Gasteiger charge is -2.42. The number of hydrogen-bond donors (Lipinski definition) is 2. The highest BCUT2D eigenvalue weighted by Gasteiger charge is 2.47. The molecule has 1 saturated carbocycles. The third-order valence-electron chi connectivity index (χ3n) is 6.55. The molecule has 0 spiro atoms. The Bertz CT molecular complexity index is 1080. The average Bonchev–Trinajstić information content (AvgIpc) is 3.55. The van der Waals surface area contributed by atoms with Crippen LogP contribution in [-0.2, 0) is 20.7 Å². The molecule has 1 amide bonds. The van der Waals surface area contributed by atoms with Crippen LogP contribution in [0.5, 0.6) is 11.5 Å². The summed E-state index contributed by atoms with van der Waals surface area (Å²) in [5.41, 5.74) is -0.0435. The van der Waals surface area contributed by atoms with Crippen molar-refractivity contribution in [1.29, 1.82) is 0 Å². The van der Waals surface area contributed by atoms with Gasteiger partial charge in [0.15, 0.2) is 11.5 Å². The summed E-state index contributed by atoms with van der Waals surface area (Å²) in [5, 5.41) is 13.7. The second-order valence-corrected chi connectivity index (χ2v) is 9.62. The van der Waals surface area contributed by atoms with Gasteiger partial charge in [-0.15, -0.1) is 8.78 Å². The summed E-state index contributed by atoms with van der Waals surface area (Å²) in [6.45, 7) is 3.76. The molecule has 0 bridgehead atoms. The number of fused-ring (bicyclic) bond motifs is 1. The fourth-order valence-electron chi connectivity index (χ4n) is 4.59. The van der Waals surface area contributed by atoms with Gasteiger partial charge in [-0.1, -0.05) is 24.3 Å². The van der Waals surface area contributed by atoms with E-state index in [-0.39, 0.29) is 29.4 Å². The highest BCUT2D eigenvalue weighted by molar-refractivity contribution is 5.81. The number of alkyl halides is 2. The molecule has 176 valence electrons. The van der Waals surface area contributed by atoms with Gasteiger partial charge in [-0.2, -0.15) is 0 Å². The molecule has 0 radical (unpaired) electrons. The first kappa shape index (κ1) is 22.1. The Balaban J connectivity index is 1.57. The molecule has 0 aromatic heterocycles. The molecule has 1 aliphatic carbocycles. The third kappa shape index (κ3) is 4.29. The summed E-state index contributed by atoms with van der Waals surface area (Å²) < 4.78 is 42.9. The van der Waals surface area contributed by atoms with Gasteiger partial charge in [0.2, 0.25) is 5.91 Å². The molecule has 0 unspecified atom stereocenters. The second-order valence-electron chi connectivity index (χ2n) is 9.62. The predicted molar refractivity (Wildman–Crippen MR) is 115 cm³/mol. The number of carbonyl (C=O) groups is 1. The Hall–Kier alpha value is -2.71. The summed E-state index contributed by atoms with van der Waals surface area (Å²) in [4.78, 5) is 12.5. The van der Waals surface area contributed by atoms with Crippen LogP contribution in [0.2, 0.25) is 0 Å². The fourth-order valence-corrected chi connectivity index (χ4v) is 4.59. The fraction of sp³-hybridized carbons (Fsp3) is 0.480. The van der Waals surface area contributed by atoms with Gasteiger partial charge in [0, 0.05) is 18.4 Å². The first-order valence-electron chi connectivity index (χ1n) is 11.2. The molecule has 6 nitrogen and oxygen atoms in total. The summed E-state index contributed by atoms with van der Waals surface area (Å²) in [7, 11) is 0. The Kier molecular flexibility index (Phi) is 5.14. The molecule has 8 heteroatoms. The topological polar surface area (TPSA) is 77.0 Å². The zero-order valence-electron chi connectivity index (χ0n) is 18.6. The van der Waals surface area contributed by atoms with Crippen molar-refractivity contribution < 1.29 is 32.9 Å². The van der Waals surface area contributed by atoms with Crippen molar-refractivity contribution in [3.63, 3.8) is 0 Å². The van der Waals surface area contributed by atoms with Crippen molar-refractivity contribution >= 4 is 5.91 Å². The van der Waals surface area contributed by atoms with Crippen LogP contribution in [0.25, 0.3) is 0 Å². The molecular weight excluding hydrogens is 432 g/mol. The number of hydrogen-bond acceptors (Lipinski definition) is 5. The highest BCUT2D eigenvalue weighted by Crippen LogP contribution is 2.48. The molecule has 2 heterocycles. The molecule has 2 aliphatic heterocycles. The SMILES string of the molecule is CC(C)(O)c1cccc([C@@]2(c3ccc4c(c3)OC(F)(F)O4)C[C@H](NC(=O)C3CC3)CCO2)c1. The minimum atomic E-state index is -3.72. The molecule has 2 atom stereocenters. The van der Waals surface area contributed by atoms with Crippen LogP contribution in [0.15, 0.2) is 42.5 Å². The van der Waals surface area contributed by atoms with Gasteiger partial charge < -0.3 is 24.6 Å². The van der Waals surface area contributed by atoms with Gasteiger partial charge >= 0.3 is 6.29 Å². The van der Waals surface area contributed by atoms with Crippen LogP contribution in [0.3, 0.4) is 0 Å². The van der Waals surface area contributed by atoms with E-state index >= 15 is 0 Å². The Labute approximate surface area is 190 Å². The number of carbonyl (C=O) groups excluding carboxylic acids is 1. The second kappa shape index (κ2) is 7.67. The van der Waals surface area contributed by atoms with E-state index in [1.54, 1.807) is 19.9 Å². The zero-order valence-corrected chi connectivity index (χ0v) is 18.6. The molecule has 3 aliphatic rings. The minimum Gasteiger partial charge on any atom is -0.395 e. The maximum absolute atomic E-state index is 13.6. The molecule has 2 fully saturated rings. The standard InChI is InChI=1S/C25H27F2NO5/c1-23(2,30)16-4-3-5-17(12-16)24(14-19(10-11-31-24)28-22(29)15-6-7-15)18-8-9-20-21(13-18)33-25(26,27)32-20/h3-5,8-9,12-13,15,19,30H,6-7,10-11,14H2,1-2H3,(H,28,29)/t19-,24-/m1/s1. The molecular formula is C25H27F2NO5. The van der Waals surface area contributed by atoms with Crippen molar-refractivity contribution in [2.75, 3.05) is 6.61 Å². The predicted octanol–water partition coefficient (Wildman–Crippen LogP) is 4.18. The molecule has 2 N–H and O–H groups in total. The Morgan fingerprint density at radius 1 is 1.06 bits per heavy atom. The van der Waals surface area contributed by atoms with Crippen molar-refractivity contribution in [3.05, 3.63) is 59.2 Å². The minimum absolute atomic E-state index is 0.0430. The Morgan fingerprint density at radius 2 is 1.79 bits per heavy atom. The van der Waals surface area contributed by atoms with Crippen LogP contribution in [0, 0.1) is 5.92 Å². The van der Waals surface area contributed by atoms with Gasteiger partial charge in [0.25, 0.3) is 0 Å². The van der Waals surface area contributed by atoms with Crippen LogP contribution < -0.4 is 14.8 Å². The third-order valence-corrected chi connectivity index (χ3v) is 6.55. The quantitative estimate of drug-likeness (QED) is 0.702. The lowest BCUT2D eigenvalue weighted by atomic mass is 9.77. The molecule has 33 heavy (non-hydrogen) atoms. The van der Waals surface area contributed by atoms with E-state index in [1.807, 2.05) is 24.3 Å². The zero-order chi connectivity index (χ0) is 23.4. The molecule has 2 aromatic carbocycles. The van der Waals surface area contributed by atoms with Gasteiger partial charge in [-0.05, 0) is 68.0 Å². The first-order chi connectivity index (χ1) is 15.6. The van der Waals surface area contributed by atoms with E-state index < -0.39 is 17.5 Å². The van der Waals surface area contributed by atoms with E-state index in [0.29, 0.717) is 30.6 Å². The maximum Gasteiger partial charge on any atom is 0.586 e. The van der Waals surface area contributed by atoms with Crippen molar-refractivity contribution in [1.82, 2.24) is 5.32 Å². The number of benzene rings is 2. The molecule has 2 aromatic rings. The van der Waals surface area contributed by atoms with E-state index in [0.717, 1.165) is 18.4 Å². The highest BCUT2D eigenvalue weighted by atomic mass is 19.3. The monoisotopic (exact) mass is 459 g/mol. The lowest BCUT2D eigenvalue weighted by molar-refractivity contribution is -0.286. The van der Waals surface area contributed by atoms with Crippen LogP contribution in [-0.4, -0.2) is 30.0 Å². The van der Waals surface area contributed by atoms with Gasteiger partial charge in [-0.25, -0.2) is 0 Å². The van der Waals surface area contributed by atoms with E-state index in [1.165, 1.54) is 12.1 Å². The smallest absolute Gasteiger partial charge is 0.395 e. The normalized spacial score (nSPS) is 26.2.